The van der Waals surface area contributed by atoms with Crippen molar-refractivity contribution < 1.29 is 14.4 Å². The molecule has 1 aliphatic rings. The zero-order valence-corrected chi connectivity index (χ0v) is 17.0. The number of amides is 3. The van der Waals surface area contributed by atoms with Gasteiger partial charge in [0.15, 0.2) is 0 Å². The van der Waals surface area contributed by atoms with Crippen LogP contribution < -0.4 is 5.32 Å². The molecule has 1 aliphatic heterocycles. The van der Waals surface area contributed by atoms with E-state index in [9.17, 15) is 14.4 Å². The number of rotatable bonds is 10. The van der Waals surface area contributed by atoms with Crippen molar-refractivity contribution in [3.05, 3.63) is 35.4 Å². The van der Waals surface area contributed by atoms with Crippen molar-refractivity contribution in [2.24, 2.45) is 5.92 Å². The van der Waals surface area contributed by atoms with E-state index >= 15 is 0 Å². The minimum atomic E-state index is -0.775. The molecule has 0 bridgehead atoms. The first-order valence-electron chi connectivity index (χ1n) is 10.2. The molecule has 0 radical (unpaired) electrons. The summed E-state index contributed by atoms with van der Waals surface area (Å²) < 4.78 is 0. The Morgan fingerprint density at radius 3 is 2.07 bits per heavy atom. The number of nitrogens with one attached hydrogen (secondary N) is 1. The third-order valence-corrected chi connectivity index (χ3v) is 5.55. The van der Waals surface area contributed by atoms with Crippen LogP contribution >= 0.6 is 0 Å². The molecule has 2 rings (SSSR count). The summed E-state index contributed by atoms with van der Waals surface area (Å²) in [6, 6.07) is 6.09. The van der Waals surface area contributed by atoms with Gasteiger partial charge in [0.05, 0.1) is 11.1 Å². The number of carbonyl (C=O) groups excluding carboxylic acids is 3. The second-order valence-corrected chi connectivity index (χ2v) is 7.47. The van der Waals surface area contributed by atoms with Crippen molar-refractivity contribution in [3.63, 3.8) is 0 Å². The van der Waals surface area contributed by atoms with E-state index in [1.165, 1.54) is 4.90 Å². The van der Waals surface area contributed by atoms with Crippen LogP contribution in [0.2, 0.25) is 0 Å². The third-order valence-electron chi connectivity index (χ3n) is 5.55. The van der Waals surface area contributed by atoms with Crippen LogP contribution in [-0.4, -0.2) is 34.7 Å². The van der Waals surface area contributed by atoms with Gasteiger partial charge in [-0.05, 0) is 30.9 Å². The highest BCUT2D eigenvalue weighted by Crippen LogP contribution is 2.28. The van der Waals surface area contributed by atoms with Gasteiger partial charge in [-0.15, -0.1) is 0 Å². The molecule has 1 heterocycles. The largest absolute Gasteiger partial charge is 0.352 e. The fraction of sp³-hybridized carbons (Fsp3) is 0.591. The van der Waals surface area contributed by atoms with Crippen LogP contribution in [-0.2, 0) is 4.79 Å². The minimum Gasteiger partial charge on any atom is -0.352 e. The summed E-state index contributed by atoms with van der Waals surface area (Å²) in [5, 5.41) is 3.10. The Hall–Kier alpha value is -2.17. The van der Waals surface area contributed by atoms with Gasteiger partial charge in [-0.1, -0.05) is 65.5 Å². The Morgan fingerprint density at radius 1 is 1.00 bits per heavy atom. The summed E-state index contributed by atoms with van der Waals surface area (Å²) in [7, 11) is 0. The van der Waals surface area contributed by atoms with Crippen LogP contribution in [0, 0.1) is 5.92 Å². The van der Waals surface area contributed by atoms with E-state index in [0.29, 0.717) is 17.5 Å². The van der Waals surface area contributed by atoms with E-state index in [4.69, 9.17) is 0 Å². The van der Waals surface area contributed by atoms with E-state index in [-0.39, 0.29) is 29.7 Å². The molecular formula is C22H32N2O3. The van der Waals surface area contributed by atoms with Crippen LogP contribution in [0.1, 0.15) is 86.9 Å². The Kier molecular flexibility index (Phi) is 7.57. The lowest BCUT2D eigenvalue weighted by atomic mass is 9.95. The Bertz CT molecular complexity index is 651. The predicted molar refractivity (Wildman–Crippen MR) is 107 cm³/mol. The van der Waals surface area contributed by atoms with Crippen molar-refractivity contribution in [1.29, 1.82) is 0 Å². The van der Waals surface area contributed by atoms with E-state index in [2.05, 4.69) is 19.2 Å². The normalized spacial score (nSPS) is 16.8. The molecule has 1 N–H and O–H groups in total. The third kappa shape index (κ3) is 4.57. The maximum Gasteiger partial charge on any atom is 0.262 e. The second-order valence-electron chi connectivity index (χ2n) is 7.47. The first-order valence-corrected chi connectivity index (χ1v) is 10.2. The zero-order chi connectivity index (χ0) is 20.0. The van der Waals surface area contributed by atoms with E-state index in [0.717, 1.165) is 32.1 Å². The van der Waals surface area contributed by atoms with Gasteiger partial charge >= 0.3 is 0 Å². The summed E-state index contributed by atoms with van der Waals surface area (Å²) in [5.74, 6) is -1.06. The van der Waals surface area contributed by atoms with E-state index in [1.54, 1.807) is 24.3 Å². The van der Waals surface area contributed by atoms with Gasteiger partial charge in [0, 0.05) is 6.04 Å². The smallest absolute Gasteiger partial charge is 0.262 e. The van der Waals surface area contributed by atoms with Gasteiger partial charge in [0.25, 0.3) is 11.8 Å². The first kappa shape index (κ1) is 21.1. The lowest BCUT2D eigenvalue weighted by Crippen LogP contribution is -2.54. The SMILES string of the molecule is CCCCCC(CC)NC(=O)C(C(C)CC)N1C(=O)c2ccccc2C1=O. The molecule has 3 amide bonds. The zero-order valence-electron chi connectivity index (χ0n) is 17.0. The molecule has 27 heavy (non-hydrogen) atoms. The van der Waals surface area contributed by atoms with Crippen molar-refractivity contribution in [1.82, 2.24) is 10.2 Å². The molecule has 0 fully saturated rings. The van der Waals surface area contributed by atoms with Gasteiger partial charge in [-0.25, -0.2) is 0 Å². The monoisotopic (exact) mass is 372 g/mol. The number of unbranched alkanes of at least 4 members (excludes halogenated alkanes) is 2. The second kappa shape index (κ2) is 9.67. The molecule has 0 saturated carbocycles. The predicted octanol–water partition coefficient (Wildman–Crippen LogP) is 4.17. The molecule has 0 aliphatic carbocycles. The average Bonchev–Trinajstić information content (AvgIpc) is 2.93. The number of imide groups is 1. The topological polar surface area (TPSA) is 66.5 Å². The van der Waals surface area contributed by atoms with Gasteiger partial charge in [-0.3, -0.25) is 19.3 Å². The molecule has 0 saturated heterocycles. The lowest BCUT2D eigenvalue weighted by Gasteiger charge is -2.31. The lowest BCUT2D eigenvalue weighted by molar-refractivity contribution is -0.127. The molecule has 1 aromatic rings. The highest BCUT2D eigenvalue weighted by Gasteiger charge is 2.44. The summed E-state index contributed by atoms with van der Waals surface area (Å²) >= 11 is 0. The molecule has 5 heteroatoms. The molecule has 1 aromatic carbocycles. The fourth-order valence-corrected chi connectivity index (χ4v) is 3.62. The average molecular weight is 373 g/mol. The number of hydrogen-bond acceptors (Lipinski definition) is 3. The van der Waals surface area contributed by atoms with E-state index in [1.807, 2.05) is 13.8 Å². The standard InChI is InChI=1S/C22H32N2O3/c1-5-8-9-12-16(7-3)23-20(25)19(15(4)6-2)24-21(26)17-13-10-11-14-18(17)22(24)27/h10-11,13-16,19H,5-9,12H2,1-4H3,(H,23,25). The van der Waals surface area contributed by atoms with Crippen molar-refractivity contribution in [3.8, 4) is 0 Å². The van der Waals surface area contributed by atoms with Crippen LogP contribution in [0.4, 0.5) is 0 Å². The van der Waals surface area contributed by atoms with Crippen LogP contribution in [0.25, 0.3) is 0 Å². The molecule has 3 atom stereocenters. The van der Waals surface area contributed by atoms with Gasteiger partial charge in [-0.2, -0.15) is 0 Å². The quantitative estimate of drug-likeness (QED) is 0.495. The molecule has 0 spiro atoms. The number of nitrogens with zero attached hydrogens (tertiary/aromatic N) is 1. The highest BCUT2D eigenvalue weighted by atomic mass is 16.2. The maximum atomic E-state index is 13.1. The number of hydrogen-bond donors (Lipinski definition) is 1. The first-order chi connectivity index (χ1) is 13.0. The van der Waals surface area contributed by atoms with Gasteiger partial charge < -0.3 is 5.32 Å². The number of fused-ring (bicyclic) bond motifs is 1. The molecule has 3 unspecified atom stereocenters. The van der Waals surface area contributed by atoms with Crippen LogP contribution in [0.15, 0.2) is 24.3 Å². The number of carbonyl (C=O) groups is 3. The van der Waals surface area contributed by atoms with E-state index < -0.39 is 6.04 Å². The fourth-order valence-electron chi connectivity index (χ4n) is 3.62. The summed E-state index contributed by atoms with van der Waals surface area (Å²) in [5.41, 5.74) is 0.775. The molecule has 0 aromatic heterocycles. The Balaban J connectivity index is 2.22. The van der Waals surface area contributed by atoms with Gasteiger partial charge in [0.2, 0.25) is 5.91 Å². The van der Waals surface area contributed by atoms with Crippen molar-refractivity contribution >= 4 is 17.7 Å². The molecule has 5 nitrogen and oxygen atoms in total. The highest BCUT2D eigenvalue weighted by molar-refractivity contribution is 6.22. The minimum absolute atomic E-state index is 0.0748. The Labute approximate surface area is 162 Å². The molecule has 148 valence electrons. The van der Waals surface area contributed by atoms with Crippen molar-refractivity contribution in [2.45, 2.75) is 78.3 Å². The van der Waals surface area contributed by atoms with Crippen molar-refractivity contribution in [2.75, 3.05) is 0 Å². The van der Waals surface area contributed by atoms with Crippen LogP contribution in [0.5, 0.6) is 0 Å². The molecular weight excluding hydrogens is 340 g/mol. The summed E-state index contributed by atoms with van der Waals surface area (Å²) in [6.07, 6.45) is 5.80. The number of benzene rings is 1. The summed E-state index contributed by atoms with van der Waals surface area (Å²) in [6.45, 7) is 8.10. The Morgan fingerprint density at radius 2 is 1.59 bits per heavy atom. The van der Waals surface area contributed by atoms with Crippen LogP contribution in [0.3, 0.4) is 0 Å². The van der Waals surface area contributed by atoms with Gasteiger partial charge in [0.1, 0.15) is 6.04 Å². The maximum absolute atomic E-state index is 13.1. The summed E-state index contributed by atoms with van der Waals surface area (Å²) in [4.78, 5) is 40.0.